The van der Waals surface area contributed by atoms with Gasteiger partial charge in [-0.2, -0.15) is 0 Å². The van der Waals surface area contributed by atoms with Gasteiger partial charge >= 0.3 is 11.9 Å². The number of carbonyl (C=O) groups excluding carboxylic acids is 4. The second-order valence-electron chi connectivity index (χ2n) is 8.03. The molecule has 0 spiro atoms. The van der Waals surface area contributed by atoms with Gasteiger partial charge in [0.15, 0.2) is 17.1 Å². The van der Waals surface area contributed by atoms with Gasteiger partial charge in [-0.15, -0.1) is 0 Å². The van der Waals surface area contributed by atoms with Crippen LogP contribution in [0.3, 0.4) is 0 Å². The van der Waals surface area contributed by atoms with Gasteiger partial charge in [0.2, 0.25) is 18.6 Å². The Bertz CT molecular complexity index is 1050. The smallest absolute Gasteiger partial charge is 0.305 e. The lowest BCUT2D eigenvalue weighted by Gasteiger charge is -2.34. The van der Waals surface area contributed by atoms with Crippen LogP contribution in [0.25, 0.3) is 0 Å². The highest BCUT2D eigenvalue weighted by Gasteiger charge is 2.76. The van der Waals surface area contributed by atoms with Gasteiger partial charge in [-0.25, -0.2) is 4.90 Å². The van der Waals surface area contributed by atoms with Crippen molar-refractivity contribution in [2.45, 2.75) is 38.3 Å². The largest absolute Gasteiger partial charge is 0.454 e. The summed E-state index contributed by atoms with van der Waals surface area (Å²) in [6.07, 6.45) is 1.66. The maximum atomic E-state index is 13.5. The first kappa shape index (κ1) is 19.6. The number of rotatable bonds is 4. The molecule has 10 heteroatoms. The number of amides is 2. The summed E-state index contributed by atoms with van der Waals surface area (Å²) in [5, 5.41) is 0. The molecule has 0 N–H and O–H groups in total. The van der Waals surface area contributed by atoms with Crippen LogP contribution >= 0.6 is 0 Å². The van der Waals surface area contributed by atoms with Crippen LogP contribution in [0.15, 0.2) is 30.4 Å². The molecule has 4 atom stereocenters. The third kappa shape index (κ3) is 2.61. The van der Waals surface area contributed by atoms with Gasteiger partial charge in [0.25, 0.3) is 6.29 Å². The molecule has 0 saturated carbocycles. The van der Waals surface area contributed by atoms with E-state index in [4.69, 9.17) is 23.7 Å². The highest BCUT2D eigenvalue weighted by Crippen LogP contribution is 2.59. The van der Waals surface area contributed by atoms with Crippen molar-refractivity contribution in [2.75, 3.05) is 11.7 Å². The van der Waals surface area contributed by atoms with Crippen molar-refractivity contribution in [2.24, 2.45) is 11.8 Å². The topological polar surface area (TPSA) is 118 Å². The molecule has 2 saturated heterocycles. The first-order valence-electron chi connectivity index (χ1n) is 9.69. The summed E-state index contributed by atoms with van der Waals surface area (Å²) in [6, 6.07) is 4.76. The number of anilines is 1. The van der Waals surface area contributed by atoms with Crippen molar-refractivity contribution in [3.8, 4) is 11.5 Å². The predicted octanol–water partition coefficient (Wildman–Crippen LogP) is 1.07. The summed E-state index contributed by atoms with van der Waals surface area (Å²) in [5.41, 5.74) is -2.43. The average Bonchev–Trinajstić information content (AvgIpc) is 3.40. The van der Waals surface area contributed by atoms with E-state index in [9.17, 15) is 19.2 Å². The van der Waals surface area contributed by atoms with Crippen molar-refractivity contribution in [1.82, 2.24) is 0 Å². The van der Waals surface area contributed by atoms with E-state index in [-0.39, 0.29) is 6.79 Å². The molecule has 1 aromatic carbocycles. The van der Waals surface area contributed by atoms with Crippen molar-refractivity contribution < 1.29 is 42.9 Å². The summed E-state index contributed by atoms with van der Waals surface area (Å²) >= 11 is 0. The molecule has 31 heavy (non-hydrogen) atoms. The molecule has 0 aliphatic carbocycles. The molecule has 0 aromatic heterocycles. The minimum absolute atomic E-state index is 0.0529. The van der Waals surface area contributed by atoms with Crippen LogP contribution in [0.5, 0.6) is 11.5 Å². The number of fused-ring (bicyclic) bond motifs is 6. The lowest BCUT2D eigenvalue weighted by atomic mass is 9.72. The summed E-state index contributed by atoms with van der Waals surface area (Å²) in [6.45, 7) is 4.02. The number of benzene rings is 1. The van der Waals surface area contributed by atoms with E-state index in [1.807, 2.05) is 0 Å². The molecule has 10 nitrogen and oxygen atoms in total. The molecule has 0 unspecified atom stereocenters. The van der Waals surface area contributed by atoms with E-state index in [1.165, 1.54) is 0 Å². The normalized spacial score (nSPS) is 32.1. The SMILES string of the molecule is CC(=O)OC(OC(C)=O)[C@@]12C=C[C@@](C)(O1)[C@@H]1C(=O)N(c3ccc4c(c3)OCO4)C(=O)[C@@H]12. The van der Waals surface area contributed by atoms with E-state index in [0.717, 1.165) is 18.7 Å². The molecular weight excluding hydrogens is 410 g/mol. The maximum Gasteiger partial charge on any atom is 0.305 e. The van der Waals surface area contributed by atoms with Crippen LogP contribution in [0, 0.1) is 11.8 Å². The molecule has 4 aliphatic heterocycles. The van der Waals surface area contributed by atoms with E-state index >= 15 is 0 Å². The molecule has 2 amide bonds. The third-order valence-corrected chi connectivity index (χ3v) is 6.01. The van der Waals surface area contributed by atoms with Crippen molar-refractivity contribution in [3.05, 3.63) is 30.4 Å². The van der Waals surface area contributed by atoms with E-state index in [1.54, 1.807) is 37.3 Å². The highest BCUT2D eigenvalue weighted by molar-refractivity contribution is 6.23. The monoisotopic (exact) mass is 429 g/mol. The molecule has 1 aromatic rings. The average molecular weight is 429 g/mol. The van der Waals surface area contributed by atoms with Crippen LogP contribution in [-0.4, -0.2) is 48.0 Å². The van der Waals surface area contributed by atoms with Gasteiger partial charge in [0.1, 0.15) is 0 Å². The molecule has 0 radical (unpaired) electrons. The highest BCUT2D eigenvalue weighted by atomic mass is 16.7. The fourth-order valence-electron chi connectivity index (χ4n) is 4.84. The number of hydrogen-bond donors (Lipinski definition) is 0. The quantitative estimate of drug-likeness (QED) is 0.300. The summed E-state index contributed by atoms with van der Waals surface area (Å²) in [4.78, 5) is 51.4. The van der Waals surface area contributed by atoms with Crippen molar-refractivity contribution in [3.63, 3.8) is 0 Å². The first-order valence-corrected chi connectivity index (χ1v) is 9.69. The Morgan fingerprint density at radius 1 is 1.03 bits per heavy atom. The standard InChI is InChI=1S/C21H19NO9/c1-10(23)29-19(30-11(2)24)21-7-6-20(3,31-21)15-16(21)18(26)22(17(15)25)12-4-5-13-14(8-12)28-9-27-13/h4-8,15-16,19H,9H2,1-3H3/t15-,16+,20+,21-/m0/s1. The molecule has 2 fully saturated rings. The van der Waals surface area contributed by atoms with Gasteiger partial charge < -0.3 is 23.7 Å². The van der Waals surface area contributed by atoms with Gasteiger partial charge in [-0.1, -0.05) is 6.08 Å². The van der Waals surface area contributed by atoms with Gasteiger partial charge in [0, 0.05) is 19.9 Å². The van der Waals surface area contributed by atoms with Crippen LogP contribution < -0.4 is 14.4 Å². The Balaban J connectivity index is 1.57. The fraction of sp³-hybridized carbons (Fsp3) is 0.429. The lowest BCUT2D eigenvalue weighted by molar-refractivity contribution is -0.231. The number of ether oxygens (including phenoxy) is 5. The third-order valence-electron chi connectivity index (χ3n) is 6.01. The number of carbonyl (C=O) groups is 4. The molecular formula is C21H19NO9. The zero-order valence-corrected chi connectivity index (χ0v) is 16.9. The Morgan fingerprint density at radius 3 is 2.35 bits per heavy atom. The lowest BCUT2D eigenvalue weighted by Crippen LogP contribution is -2.52. The first-order chi connectivity index (χ1) is 14.7. The Kier molecular flexibility index (Phi) is 3.97. The number of esters is 2. The number of hydrogen-bond acceptors (Lipinski definition) is 9. The van der Waals surface area contributed by atoms with Crippen LogP contribution in [0.2, 0.25) is 0 Å². The van der Waals surface area contributed by atoms with Crippen molar-refractivity contribution >= 4 is 29.4 Å². The Hall–Kier alpha value is -3.40. The Labute approximate surface area is 176 Å². The minimum Gasteiger partial charge on any atom is -0.454 e. The second-order valence-corrected chi connectivity index (χ2v) is 8.03. The number of imide groups is 1. The molecule has 4 aliphatic rings. The Morgan fingerprint density at radius 2 is 1.68 bits per heavy atom. The van der Waals surface area contributed by atoms with Gasteiger partial charge in [0.05, 0.1) is 23.1 Å². The summed E-state index contributed by atoms with van der Waals surface area (Å²) < 4.78 is 27.2. The van der Waals surface area contributed by atoms with E-state index < -0.39 is 53.1 Å². The zero-order valence-electron chi connectivity index (χ0n) is 16.9. The molecule has 4 heterocycles. The van der Waals surface area contributed by atoms with Crippen LogP contribution in [0.4, 0.5) is 5.69 Å². The van der Waals surface area contributed by atoms with E-state index in [0.29, 0.717) is 17.2 Å². The molecule has 5 rings (SSSR count). The van der Waals surface area contributed by atoms with Crippen LogP contribution in [-0.2, 0) is 33.4 Å². The fourth-order valence-corrected chi connectivity index (χ4v) is 4.84. The molecule has 162 valence electrons. The molecule has 2 bridgehead atoms. The van der Waals surface area contributed by atoms with Crippen LogP contribution in [0.1, 0.15) is 20.8 Å². The zero-order chi connectivity index (χ0) is 22.1. The second kappa shape index (κ2) is 6.30. The maximum absolute atomic E-state index is 13.5. The van der Waals surface area contributed by atoms with E-state index in [2.05, 4.69) is 0 Å². The van der Waals surface area contributed by atoms with Gasteiger partial charge in [-0.05, 0) is 25.1 Å². The number of nitrogens with zero attached hydrogens (tertiary/aromatic N) is 1. The summed E-state index contributed by atoms with van der Waals surface area (Å²) in [7, 11) is 0. The predicted molar refractivity (Wildman–Crippen MR) is 101 cm³/mol. The summed E-state index contributed by atoms with van der Waals surface area (Å²) in [5.74, 6) is -3.46. The van der Waals surface area contributed by atoms with Gasteiger partial charge in [-0.3, -0.25) is 19.2 Å². The van der Waals surface area contributed by atoms with Crippen molar-refractivity contribution in [1.29, 1.82) is 0 Å². The minimum atomic E-state index is -1.62.